The number of carbonyl (C=O) groups is 2. The van der Waals surface area contributed by atoms with Gasteiger partial charge < -0.3 is 20.9 Å². The van der Waals surface area contributed by atoms with Crippen molar-refractivity contribution in [3.05, 3.63) is 59.7 Å². The van der Waals surface area contributed by atoms with Gasteiger partial charge in [-0.2, -0.15) is 0 Å². The fourth-order valence-electron chi connectivity index (χ4n) is 4.01. The Hall–Kier alpha value is -2.86. The lowest BCUT2D eigenvalue weighted by molar-refractivity contribution is 0.0748. The zero-order valence-corrected chi connectivity index (χ0v) is 16.1. The molecule has 2 aromatic rings. The molecule has 2 fully saturated rings. The molecule has 2 unspecified atom stereocenters. The van der Waals surface area contributed by atoms with Crippen molar-refractivity contribution in [1.82, 2.24) is 10.2 Å². The Morgan fingerprint density at radius 3 is 2.61 bits per heavy atom. The number of fused-ring (bicyclic) bond motifs is 2. The highest BCUT2D eigenvalue weighted by Crippen LogP contribution is 2.23. The molecule has 3 amide bonds. The third-order valence-electron chi connectivity index (χ3n) is 5.57. The fraction of sp³-hybridized carbons (Fsp3) is 0.364. The van der Waals surface area contributed by atoms with Gasteiger partial charge in [0.2, 0.25) is 0 Å². The van der Waals surface area contributed by atoms with Gasteiger partial charge in [-0.3, -0.25) is 4.79 Å². The minimum Gasteiger partial charge on any atom is -0.337 e. The Morgan fingerprint density at radius 2 is 1.79 bits per heavy atom. The first-order chi connectivity index (χ1) is 13.6. The molecular formula is C22H26N4O2. The highest BCUT2D eigenvalue weighted by molar-refractivity contribution is 6.02. The third-order valence-corrected chi connectivity index (χ3v) is 5.57. The maximum atomic E-state index is 13.0. The number of hydrogen-bond acceptors (Lipinski definition) is 3. The molecule has 0 spiro atoms. The number of benzene rings is 2. The molecule has 4 rings (SSSR count). The number of likely N-dealkylation sites (tertiary alicyclic amines) is 1. The van der Waals surface area contributed by atoms with Gasteiger partial charge in [0.15, 0.2) is 0 Å². The molecule has 6 nitrogen and oxygen atoms in total. The molecule has 2 bridgehead atoms. The molecule has 2 aliphatic rings. The Kier molecular flexibility index (Phi) is 5.30. The van der Waals surface area contributed by atoms with E-state index in [2.05, 4.69) is 16.0 Å². The summed E-state index contributed by atoms with van der Waals surface area (Å²) in [7, 11) is 0. The summed E-state index contributed by atoms with van der Waals surface area (Å²) < 4.78 is 0. The molecule has 0 aliphatic carbocycles. The maximum absolute atomic E-state index is 13.0. The van der Waals surface area contributed by atoms with E-state index < -0.39 is 0 Å². The molecule has 6 heteroatoms. The molecule has 3 N–H and O–H groups in total. The summed E-state index contributed by atoms with van der Waals surface area (Å²) in [4.78, 5) is 27.3. The quantitative estimate of drug-likeness (QED) is 0.764. The Morgan fingerprint density at radius 1 is 1.00 bits per heavy atom. The molecule has 28 heavy (non-hydrogen) atoms. The van der Waals surface area contributed by atoms with Crippen LogP contribution in [0.25, 0.3) is 0 Å². The number of anilines is 2. The lowest BCUT2D eigenvalue weighted by Gasteiger charge is -2.24. The molecule has 2 saturated heterocycles. The van der Waals surface area contributed by atoms with Gasteiger partial charge in [0.05, 0.1) is 0 Å². The third kappa shape index (κ3) is 4.17. The lowest BCUT2D eigenvalue weighted by atomic mass is 10.1. The Balaban J connectivity index is 1.45. The first kappa shape index (κ1) is 18.5. The lowest BCUT2D eigenvalue weighted by Crippen LogP contribution is -2.39. The van der Waals surface area contributed by atoms with Gasteiger partial charge in [-0.25, -0.2) is 4.79 Å². The molecule has 2 aromatic carbocycles. The molecule has 0 aromatic heterocycles. The van der Waals surface area contributed by atoms with Gasteiger partial charge in [-0.1, -0.05) is 24.3 Å². The first-order valence-electron chi connectivity index (χ1n) is 9.87. The summed E-state index contributed by atoms with van der Waals surface area (Å²) >= 11 is 0. The van der Waals surface area contributed by atoms with E-state index in [9.17, 15) is 9.59 Å². The summed E-state index contributed by atoms with van der Waals surface area (Å²) in [6.45, 7) is 3.44. The van der Waals surface area contributed by atoms with Crippen molar-refractivity contribution in [3.8, 4) is 0 Å². The number of urea groups is 1. The number of hydrogen-bond donors (Lipinski definition) is 3. The number of amides is 3. The van der Waals surface area contributed by atoms with Crippen molar-refractivity contribution in [2.45, 2.75) is 38.3 Å². The molecule has 2 aliphatic heterocycles. The zero-order valence-electron chi connectivity index (χ0n) is 16.1. The van der Waals surface area contributed by atoms with E-state index in [4.69, 9.17) is 0 Å². The zero-order chi connectivity index (χ0) is 19.5. The predicted molar refractivity (Wildman–Crippen MR) is 111 cm³/mol. The summed E-state index contributed by atoms with van der Waals surface area (Å²) in [5, 5.41) is 9.27. The highest BCUT2D eigenvalue weighted by atomic mass is 16.2. The number of aryl methyl sites for hydroxylation is 1. The molecular weight excluding hydrogens is 352 g/mol. The van der Waals surface area contributed by atoms with Crippen molar-refractivity contribution in [1.29, 1.82) is 0 Å². The normalized spacial score (nSPS) is 21.1. The van der Waals surface area contributed by atoms with Gasteiger partial charge in [0.1, 0.15) is 0 Å². The second-order valence-electron chi connectivity index (χ2n) is 7.65. The van der Waals surface area contributed by atoms with E-state index in [1.807, 2.05) is 54.3 Å². The SMILES string of the molecule is Cc1ccc(C(=O)N2CCC3CCC(C2)N3)cc1NC(=O)Nc1ccccc1. The summed E-state index contributed by atoms with van der Waals surface area (Å²) in [5.41, 5.74) is 2.89. The van der Waals surface area contributed by atoms with Crippen LogP contribution in [0.15, 0.2) is 48.5 Å². The number of rotatable bonds is 3. The van der Waals surface area contributed by atoms with Crippen LogP contribution in [0.3, 0.4) is 0 Å². The largest absolute Gasteiger partial charge is 0.337 e. The van der Waals surface area contributed by atoms with Crippen LogP contribution in [0.2, 0.25) is 0 Å². The summed E-state index contributed by atoms with van der Waals surface area (Å²) in [6.07, 6.45) is 3.34. The second kappa shape index (κ2) is 8.02. The Labute approximate surface area is 165 Å². The second-order valence-corrected chi connectivity index (χ2v) is 7.65. The fourth-order valence-corrected chi connectivity index (χ4v) is 4.01. The predicted octanol–water partition coefficient (Wildman–Crippen LogP) is 3.61. The van der Waals surface area contributed by atoms with E-state index in [1.165, 1.54) is 6.42 Å². The molecule has 0 radical (unpaired) electrons. The molecule has 146 valence electrons. The Bertz CT molecular complexity index is 868. The number of carbonyl (C=O) groups excluding carboxylic acids is 2. The minimum absolute atomic E-state index is 0.0286. The van der Waals surface area contributed by atoms with Crippen LogP contribution in [-0.2, 0) is 0 Å². The number of para-hydroxylation sites is 1. The van der Waals surface area contributed by atoms with Gasteiger partial charge in [-0.05, 0) is 56.0 Å². The van der Waals surface area contributed by atoms with Crippen molar-refractivity contribution in [3.63, 3.8) is 0 Å². The standard InChI is InChI=1S/C22H26N4O2/c1-15-7-8-16(21(27)26-12-11-18-9-10-19(14-26)23-18)13-20(15)25-22(28)24-17-5-3-2-4-6-17/h2-8,13,18-19,23H,9-12,14H2,1H3,(H2,24,25,28). The highest BCUT2D eigenvalue weighted by Gasteiger charge is 2.31. The van der Waals surface area contributed by atoms with Crippen LogP contribution in [0, 0.1) is 6.92 Å². The average Bonchev–Trinajstić information content (AvgIpc) is 3.02. The number of nitrogens with one attached hydrogen (secondary N) is 3. The van der Waals surface area contributed by atoms with E-state index in [0.717, 1.165) is 37.2 Å². The van der Waals surface area contributed by atoms with Crippen LogP contribution < -0.4 is 16.0 Å². The smallest absolute Gasteiger partial charge is 0.323 e. The van der Waals surface area contributed by atoms with Crippen molar-refractivity contribution in [2.24, 2.45) is 0 Å². The molecule has 0 saturated carbocycles. The van der Waals surface area contributed by atoms with Gasteiger partial charge in [0, 0.05) is 42.1 Å². The monoisotopic (exact) mass is 378 g/mol. The van der Waals surface area contributed by atoms with Crippen LogP contribution in [0.5, 0.6) is 0 Å². The van der Waals surface area contributed by atoms with Crippen molar-refractivity contribution in [2.75, 3.05) is 23.7 Å². The first-order valence-corrected chi connectivity index (χ1v) is 9.87. The van der Waals surface area contributed by atoms with Crippen molar-refractivity contribution < 1.29 is 9.59 Å². The van der Waals surface area contributed by atoms with Gasteiger partial charge >= 0.3 is 6.03 Å². The summed E-state index contributed by atoms with van der Waals surface area (Å²) in [6, 6.07) is 15.4. The molecule has 2 heterocycles. The van der Waals surface area contributed by atoms with E-state index in [1.54, 1.807) is 6.07 Å². The minimum atomic E-state index is -0.324. The molecule has 2 atom stereocenters. The van der Waals surface area contributed by atoms with E-state index >= 15 is 0 Å². The van der Waals surface area contributed by atoms with Gasteiger partial charge in [-0.15, -0.1) is 0 Å². The maximum Gasteiger partial charge on any atom is 0.323 e. The van der Waals surface area contributed by atoms with Crippen LogP contribution in [-0.4, -0.2) is 42.0 Å². The van der Waals surface area contributed by atoms with Crippen LogP contribution in [0.1, 0.15) is 35.2 Å². The summed E-state index contributed by atoms with van der Waals surface area (Å²) in [5.74, 6) is 0.0286. The van der Waals surface area contributed by atoms with E-state index in [-0.39, 0.29) is 11.9 Å². The van der Waals surface area contributed by atoms with E-state index in [0.29, 0.717) is 23.3 Å². The average molecular weight is 378 g/mol. The van der Waals surface area contributed by atoms with Crippen molar-refractivity contribution >= 4 is 23.3 Å². The van der Waals surface area contributed by atoms with Gasteiger partial charge in [0.25, 0.3) is 5.91 Å². The number of nitrogens with zero attached hydrogens (tertiary/aromatic N) is 1. The van der Waals surface area contributed by atoms with Crippen LogP contribution in [0.4, 0.5) is 16.2 Å². The topological polar surface area (TPSA) is 73.5 Å². The van der Waals surface area contributed by atoms with Crippen LogP contribution >= 0.6 is 0 Å².